The van der Waals surface area contributed by atoms with Gasteiger partial charge in [-0.25, -0.2) is 13.2 Å². The van der Waals surface area contributed by atoms with Gasteiger partial charge in [0.15, 0.2) is 30.3 Å². The molecule has 0 saturated carbocycles. The smallest absolute Gasteiger partial charge is 0.422 e. The molecule has 0 amide bonds. The van der Waals surface area contributed by atoms with Gasteiger partial charge in [0.1, 0.15) is 5.82 Å². The van der Waals surface area contributed by atoms with Gasteiger partial charge in [0.2, 0.25) is 0 Å². The number of aryl methyl sites for hydroxylation is 3. The summed E-state index contributed by atoms with van der Waals surface area (Å²) >= 11 is 0. The van der Waals surface area contributed by atoms with Crippen molar-refractivity contribution >= 4 is 10.8 Å². The van der Waals surface area contributed by atoms with E-state index in [9.17, 15) is 22.0 Å². The van der Waals surface area contributed by atoms with Gasteiger partial charge in [0.25, 0.3) is 0 Å². The van der Waals surface area contributed by atoms with Crippen LogP contribution < -0.4 is 4.74 Å². The fraction of sp³-hybridized carbons (Fsp3) is 0.484. The van der Waals surface area contributed by atoms with Crippen LogP contribution in [-0.2, 0) is 28.7 Å². The van der Waals surface area contributed by atoms with E-state index in [4.69, 9.17) is 9.47 Å². The molecule has 3 aromatic carbocycles. The fourth-order valence-electron chi connectivity index (χ4n) is 4.95. The van der Waals surface area contributed by atoms with Crippen molar-refractivity contribution in [2.75, 3.05) is 19.8 Å². The normalized spacial score (nSPS) is 17.9. The summed E-state index contributed by atoms with van der Waals surface area (Å²) in [6.07, 6.45) is 1.46. The Kier molecular flexibility index (Phi) is 10.4. The molecule has 1 fully saturated rings. The largest absolute Gasteiger partial charge is 0.478 e. The summed E-state index contributed by atoms with van der Waals surface area (Å²) in [7, 11) is 0. The van der Waals surface area contributed by atoms with Crippen LogP contribution in [0.4, 0.5) is 26.3 Å². The number of rotatable bonds is 12. The molecule has 0 unspecified atom stereocenters. The summed E-state index contributed by atoms with van der Waals surface area (Å²) in [5.41, 5.74) is 1.59. The quantitative estimate of drug-likeness (QED) is 0.162. The average Bonchev–Trinajstić information content (AvgIpc) is 2.91. The van der Waals surface area contributed by atoms with Crippen LogP contribution in [0.25, 0.3) is 10.8 Å². The molecule has 0 bridgehead atoms. The number of halogens is 6. The van der Waals surface area contributed by atoms with Gasteiger partial charge < -0.3 is 14.2 Å². The molecule has 40 heavy (non-hydrogen) atoms. The van der Waals surface area contributed by atoms with E-state index in [1.54, 1.807) is 18.2 Å². The Hall–Kier alpha value is -2.78. The minimum Gasteiger partial charge on any atom is -0.478 e. The number of benzene rings is 3. The lowest BCUT2D eigenvalue weighted by atomic mass is 9.98. The number of alkyl halides is 3. The molecule has 218 valence electrons. The Morgan fingerprint density at radius 3 is 2.23 bits per heavy atom. The van der Waals surface area contributed by atoms with Crippen LogP contribution in [0.15, 0.2) is 42.5 Å². The van der Waals surface area contributed by atoms with E-state index in [-0.39, 0.29) is 24.7 Å². The lowest BCUT2D eigenvalue weighted by Crippen LogP contribution is -2.32. The van der Waals surface area contributed by atoms with Gasteiger partial charge >= 0.3 is 6.18 Å². The van der Waals surface area contributed by atoms with Crippen LogP contribution in [-0.4, -0.2) is 32.3 Å². The van der Waals surface area contributed by atoms with E-state index in [0.717, 1.165) is 49.1 Å². The first-order valence-corrected chi connectivity index (χ1v) is 13.7. The van der Waals surface area contributed by atoms with Gasteiger partial charge in [0.05, 0.1) is 13.2 Å². The van der Waals surface area contributed by atoms with E-state index < -0.39 is 36.0 Å². The lowest BCUT2D eigenvalue weighted by molar-refractivity contribution is -0.203. The number of fused-ring (bicyclic) bond motifs is 1. The van der Waals surface area contributed by atoms with Crippen LogP contribution in [0.5, 0.6) is 5.75 Å². The predicted molar refractivity (Wildman–Crippen MR) is 141 cm³/mol. The first-order chi connectivity index (χ1) is 19.1. The van der Waals surface area contributed by atoms with E-state index in [0.29, 0.717) is 23.3 Å². The van der Waals surface area contributed by atoms with Crippen molar-refractivity contribution in [3.8, 4) is 5.75 Å². The monoisotopic (exact) mass is 568 g/mol. The van der Waals surface area contributed by atoms with Crippen molar-refractivity contribution in [2.45, 2.75) is 70.8 Å². The maximum absolute atomic E-state index is 15.2. The number of ether oxygens (including phenoxy) is 3. The van der Waals surface area contributed by atoms with Crippen molar-refractivity contribution in [1.29, 1.82) is 0 Å². The predicted octanol–water partition coefficient (Wildman–Crippen LogP) is 8.49. The minimum absolute atomic E-state index is 0.0920. The summed E-state index contributed by atoms with van der Waals surface area (Å²) in [5, 5.41) is 1.18. The molecule has 1 aliphatic heterocycles. The third kappa shape index (κ3) is 8.36. The molecule has 0 atom stereocenters. The highest BCUT2D eigenvalue weighted by Crippen LogP contribution is 2.28. The summed E-state index contributed by atoms with van der Waals surface area (Å²) in [5.74, 6) is -3.51. The number of hydrogen-bond donors (Lipinski definition) is 0. The highest BCUT2D eigenvalue weighted by atomic mass is 19.4. The Morgan fingerprint density at radius 1 is 0.825 bits per heavy atom. The molecule has 1 aliphatic rings. The van der Waals surface area contributed by atoms with E-state index in [2.05, 4.69) is 11.7 Å². The molecule has 0 aliphatic carbocycles. The van der Waals surface area contributed by atoms with Crippen molar-refractivity contribution in [1.82, 2.24) is 0 Å². The fourth-order valence-corrected chi connectivity index (χ4v) is 4.95. The summed E-state index contributed by atoms with van der Waals surface area (Å²) in [6.45, 7) is 1.82. The lowest BCUT2D eigenvalue weighted by Gasteiger charge is -2.29. The van der Waals surface area contributed by atoms with E-state index in [1.807, 2.05) is 12.1 Å². The Balaban J connectivity index is 1.32. The van der Waals surface area contributed by atoms with Crippen molar-refractivity contribution in [3.63, 3.8) is 0 Å². The molecule has 1 heterocycles. The second kappa shape index (κ2) is 13.7. The zero-order valence-corrected chi connectivity index (χ0v) is 22.5. The molecule has 3 nitrogen and oxygen atoms in total. The van der Waals surface area contributed by atoms with Gasteiger partial charge in [-0.3, -0.25) is 0 Å². The van der Waals surface area contributed by atoms with Crippen LogP contribution in [0.1, 0.15) is 55.7 Å². The maximum atomic E-state index is 15.2. The topological polar surface area (TPSA) is 27.7 Å². The van der Waals surface area contributed by atoms with Gasteiger partial charge in [0, 0.05) is 17.7 Å². The summed E-state index contributed by atoms with van der Waals surface area (Å²) in [6, 6.07) is 10.8. The van der Waals surface area contributed by atoms with Crippen LogP contribution in [0, 0.1) is 23.4 Å². The first-order valence-electron chi connectivity index (χ1n) is 13.7. The summed E-state index contributed by atoms with van der Waals surface area (Å²) < 4.78 is 96.6. The molecule has 4 rings (SSSR count). The zero-order valence-electron chi connectivity index (χ0n) is 22.5. The molecular formula is C31H34F6O3. The molecule has 3 aromatic rings. The van der Waals surface area contributed by atoms with E-state index in [1.165, 1.54) is 19.3 Å². The Labute approximate surface area is 230 Å². The molecular weight excluding hydrogens is 534 g/mol. The average molecular weight is 569 g/mol. The molecule has 0 spiro atoms. The highest BCUT2D eigenvalue weighted by molar-refractivity contribution is 5.84. The van der Waals surface area contributed by atoms with Crippen molar-refractivity contribution in [3.05, 3.63) is 76.6 Å². The van der Waals surface area contributed by atoms with E-state index >= 15 is 4.39 Å². The SMILES string of the molecule is CCCCCC1COC(CCc2ccc3c(F)c(CCc4cc(F)c(OCC(F)(F)F)c(F)c4)ccc3c2)OC1. The molecule has 1 saturated heterocycles. The number of hydrogen-bond acceptors (Lipinski definition) is 3. The second-order valence-electron chi connectivity index (χ2n) is 10.4. The van der Waals surface area contributed by atoms with Gasteiger partial charge in [-0.1, -0.05) is 56.5 Å². The Bertz CT molecular complexity index is 1240. The highest BCUT2D eigenvalue weighted by Gasteiger charge is 2.30. The standard InChI is InChI=1S/C31H34F6O3/c1-2-3-4-5-22-17-38-28(39-18-22)13-8-20-7-12-25-24(14-20)11-10-23(29(25)34)9-6-21-15-26(32)30(27(33)16-21)40-19-31(35,36)37/h7,10-12,14-16,22,28H,2-6,8-9,13,17-19H2,1H3. The Morgan fingerprint density at radius 2 is 1.55 bits per heavy atom. The molecule has 0 aromatic heterocycles. The third-order valence-corrected chi connectivity index (χ3v) is 7.14. The molecule has 9 heteroatoms. The molecule has 0 radical (unpaired) electrons. The van der Waals surface area contributed by atoms with Crippen LogP contribution in [0.3, 0.4) is 0 Å². The van der Waals surface area contributed by atoms with Gasteiger partial charge in [-0.15, -0.1) is 0 Å². The summed E-state index contributed by atoms with van der Waals surface area (Å²) in [4.78, 5) is 0. The maximum Gasteiger partial charge on any atom is 0.422 e. The zero-order chi connectivity index (χ0) is 28.7. The van der Waals surface area contributed by atoms with Gasteiger partial charge in [-0.2, -0.15) is 13.2 Å². The van der Waals surface area contributed by atoms with Gasteiger partial charge in [-0.05, 0) is 59.9 Å². The van der Waals surface area contributed by atoms with Crippen molar-refractivity contribution in [2.24, 2.45) is 5.92 Å². The second-order valence-corrected chi connectivity index (χ2v) is 10.4. The minimum atomic E-state index is -4.72. The first kappa shape index (κ1) is 30.2. The molecule has 0 N–H and O–H groups in total. The number of unbranched alkanes of at least 4 members (excludes halogenated alkanes) is 2. The van der Waals surface area contributed by atoms with Crippen LogP contribution in [0.2, 0.25) is 0 Å². The van der Waals surface area contributed by atoms with Crippen molar-refractivity contribution < 1.29 is 40.6 Å². The third-order valence-electron chi connectivity index (χ3n) is 7.14. The van der Waals surface area contributed by atoms with Crippen LogP contribution >= 0.6 is 0 Å².